The second kappa shape index (κ2) is 12.5. The van der Waals surface area contributed by atoms with Gasteiger partial charge in [-0.2, -0.15) is 5.10 Å². The summed E-state index contributed by atoms with van der Waals surface area (Å²) >= 11 is 3.35. The van der Waals surface area contributed by atoms with Crippen LogP contribution in [0, 0.1) is 16.0 Å². The molecular formula is C25H30BrN5O6. The van der Waals surface area contributed by atoms with E-state index in [0.717, 1.165) is 17.3 Å². The first-order valence-electron chi connectivity index (χ1n) is 11.8. The van der Waals surface area contributed by atoms with E-state index in [-0.39, 0.29) is 22.7 Å². The molecule has 198 valence electrons. The van der Waals surface area contributed by atoms with E-state index in [1.165, 1.54) is 30.0 Å². The largest absolute Gasteiger partial charge is 0.477 e. The van der Waals surface area contributed by atoms with Gasteiger partial charge in [0.15, 0.2) is 0 Å². The minimum Gasteiger partial charge on any atom is -0.477 e. The molecule has 1 N–H and O–H groups in total. The van der Waals surface area contributed by atoms with E-state index in [1.807, 2.05) is 6.92 Å². The van der Waals surface area contributed by atoms with Gasteiger partial charge in [-0.1, -0.05) is 22.9 Å². The number of anilines is 1. The topological polar surface area (TPSA) is 131 Å². The molecule has 11 nitrogen and oxygen atoms in total. The second-order valence-electron chi connectivity index (χ2n) is 8.62. The van der Waals surface area contributed by atoms with E-state index >= 15 is 0 Å². The molecule has 0 spiro atoms. The highest BCUT2D eigenvalue weighted by Gasteiger charge is 2.20. The van der Waals surface area contributed by atoms with Crippen molar-refractivity contribution in [3.05, 3.63) is 67.2 Å². The minimum absolute atomic E-state index is 0.0292. The molecule has 37 heavy (non-hydrogen) atoms. The average Bonchev–Trinajstić information content (AvgIpc) is 3.28. The molecule has 0 aliphatic carbocycles. The molecule has 0 unspecified atom stereocenters. The highest BCUT2D eigenvalue weighted by Crippen LogP contribution is 2.30. The van der Waals surface area contributed by atoms with Crippen molar-refractivity contribution < 1.29 is 19.2 Å². The smallest absolute Gasteiger partial charge is 0.339 e. The van der Waals surface area contributed by atoms with E-state index < -0.39 is 10.9 Å². The number of nitrogens with zero attached hydrogens (tertiary/aromatic N) is 4. The number of methoxy groups -OCH3 is 1. The van der Waals surface area contributed by atoms with Crippen LogP contribution in [0.1, 0.15) is 37.0 Å². The summed E-state index contributed by atoms with van der Waals surface area (Å²) in [6.45, 7) is 5.46. The predicted octanol–water partition coefficient (Wildman–Crippen LogP) is 4.63. The highest BCUT2D eigenvalue weighted by atomic mass is 79.9. The third-order valence-electron chi connectivity index (χ3n) is 5.86. The average molecular weight is 576 g/mol. The maximum absolute atomic E-state index is 12.8. The van der Waals surface area contributed by atoms with Crippen LogP contribution in [0.2, 0.25) is 0 Å². The van der Waals surface area contributed by atoms with Crippen molar-refractivity contribution in [1.82, 2.24) is 14.3 Å². The molecule has 2 heterocycles. The Morgan fingerprint density at radius 2 is 2.05 bits per heavy atom. The van der Waals surface area contributed by atoms with E-state index in [1.54, 1.807) is 30.1 Å². The summed E-state index contributed by atoms with van der Waals surface area (Å²) in [5, 5.41) is 18.8. The van der Waals surface area contributed by atoms with Crippen LogP contribution < -0.4 is 15.6 Å². The Labute approximate surface area is 222 Å². The third-order valence-corrected chi connectivity index (χ3v) is 6.35. The van der Waals surface area contributed by atoms with E-state index in [2.05, 4.69) is 33.3 Å². The number of nitro groups is 1. The summed E-state index contributed by atoms with van der Waals surface area (Å²) < 4.78 is 14.6. The molecule has 3 aromatic rings. The van der Waals surface area contributed by atoms with Gasteiger partial charge in [-0.15, -0.1) is 0 Å². The number of nitro benzene ring substituents is 1. The molecule has 12 heteroatoms. The summed E-state index contributed by atoms with van der Waals surface area (Å²) in [5.74, 6) is 0.136. The maximum atomic E-state index is 12.8. The molecule has 0 aliphatic heterocycles. The predicted molar refractivity (Wildman–Crippen MR) is 143 cm³/mol. The normalized spacial score (nSPS) is 11.7. The standard InChI is InChI=1S/C25H30BrN5O6/c1-5-30-24(20(14-28-30)19-11-17(25(33)36-4)15-29(3)23(19)32)37-10-6-7-16(2)13-27-21-12-18(26)8-9-22(21)31(34)35/h8-9,11-12,14-16,27H,5-7,10,13H2,1-4H3/t16-/m1/s1. The number of carbonyl (C=O) groups excluding carboxylic acids is 1. The lowest BCUT2D eigenvalue weighted by Crippen LogP contribution is -2.21. The zero-order valence-corrected chi connectivity index (χ0v) is 22.8. The Bertz CT molecular complexity index is 1340. The fourth-order valence-corrected chi connectivity index (χ4v) is 4.23. The van der Waals surface area contributed by atoms with Gasteiger partial charge in [-0.25, -0.2) is 9.48 Å². The SMILES string of the molecule is CCn1ncc(-c2cc(C(=O)OC)cn(C)c2=O)c1OCCC[C@@H](C)CNc1cc(Br)ccc1[N+](=O)[O-]. The number of hydrogen-bond donors (Lipinski definition) is 1. The number of rotatable bonds is 12. The molecule has 0 saturated heterocycles. The van der Waals surface area contributed by atoms with Crippen LogP contribution in [-0.4, -0.2) is 45.5 Å². The van der Waals surface area contributed by atoms with Crippen molar-refractivity contribution >= 4 is 33.3 Å². The van der Waals surface area contributed by atoms with Crippen LogP contribution in [-0.2, 0) is 18.3 Å². The van der Waals surface area contributed by atoms with Gasteiger partial charge in [-0.05, 0) is 43.9 Å². The lowest BCUT2D eigenvalue weighted by molar-refractivity contribution is -0.384. The monoisotopic (exact) mass is 575 g/mol. The van der Waals surface area contributed by atoms with Gasteiger partial charge in [0, 0.05) is 36.9 Å². The molecule has 0 bridgehead atoms. The number of aromatic nitrogens is 3. The number of benzene rings is 1. The summed E-state index contributed by atoms with van der Waals surface area (Å²) in [6, 6.07) is 6.29. The van der Waals surface area contributed by atoms with Crippen LogP contribution in [0.3, 0.4) is 0 Å². The third kappa shape index (κ3) is 6.76. The lowest BCUT2D eigenvalue weighted by atomic mass is 10.1. The fourth-order valence-electron chi connectivity index (χ4n) is 3.87. The van der Waals surface area contributed by atoms with Gasteiger partial charge in [0.1, 0.15) is 5.69 Å². The molecule has 1 atom stereocenters. The van der Waals surface area contributed by atoms with Crippen LogP contribution in [0.15, 0.2) is 45.9 Å². The molecule has 3 rings (SSSR count). The van der Waals surface area contributed by atoms with Gasteiger partial charge in [-0.3, -0.25) is 14.9 Å². The Balaban J connectivity index is 1.65. The van der Waals surface area contributed by atoms with Crippen molar-refractivity contribution in [2.45, 2.75) is 33.2 Å². The minimum atomic E-state index is -0.544. The van der Waals surface area contributed by atoms with Gasteiger partial charge in [0.05, 0.1) is 41.5 Å². The van der Waals surface area contributed by atoms with Crippen molar-refractivity contribution in [3.8, 4) is 17.0 Å². The van der Waals surface area contributed by atoms with Crippen LogP contribution in [0.5, 0.6) is 5.88 Å². The number of carbonyl (C=O) groups is 1. The first-order valence-corrected chi connectivity index (χ1v) is 12.6. The zero-order valence-electron chi connectivity index (χ0n) is 21.2. The zero-order chi connectivity index (χ0) is 27.1. The number of halogens is 1. The fraction of sp³-hybridized carbons (Fsp3) is 0.400. The molecule has 0 aliphatic rings. The molecular weight excluding hydrogens is 546 g/mol. The first-order chi connectivity index (χ1) is 17.7. The quantitative estimate of drug-likeness (QED) is 0.143. The van der Waals surface area contributed by atoms with E-state index in [4.69, 9.17) is 9.47 Å². The summed E-state index contributed by atoms with van der Waals surface area (Å²) in [7, 11) is 2.86. The van der Waals surface area contributed by atoms with Crippen molar-refractivity contribution in [3.63, 3.8) is 0 Å². The molecule has 2 aromatic heterocycles. The van der Waals surface area contributed by atoms with Crippen LogP contribution in [0.4, 0.5) is 11.4 Å². The number of esters is 1. The summed E-state index contributed by atoms with van der Waals surface area (Å²) in [5.41, 5.74) is 1.27. The molecule has 0 amide bonds. The molecule has 0 fully saturated rings. The maximum Gasteiger partial charge on any atom is 0.339 e. The van der Waals surface area contributed by atoms with Gasteiger partial charge < -0.3 is 19.4 Å². The number of hydrogen-bond acceptors (Lipinski definition) is 8. The molecule has 0 radical (unpaired) electrons. The van der Waals surface area contributed by atoms with Crippen molar-refractivity contribution in [1.29, 1.82) is 0 Å². The van der Waals surface area contributed by atoms with Gasteiger partial charge in [0.2, 0.25) is 5.88 Å². The summed E-state index contributed by atoms with van der Waals surface area (Å²) in [6.07, 6.45) is 4.52. The van der Waals surface area contributed by atoms with Crippen LogP contribution >= 0.6 is 15.9 Å². The van der Waals surface area contributed by atoms with E-state index in [0.29, 0.717) is 42.4 Å². The molecule has 1 aromatic carbocycles. The van der Waals surface area contributed by atoms with Gasteiger partial charge >= 0.3 is 5.97 Å². The Hall–Kier alpha value is -3.67. The number of ether oxygens (including phenoxy) is 2. The second-order valence-corrected chi connectivity index (χ2v) is 9.54. The highest BCUT2D eigenvalue weighted by molar-refractivity contribution is 9.10. The van der Waals surface area contributed by atoms with Gasteiger partial charge in [0.25, 0.3) is 11.2 Å². The number of pyridine rings is 1. The van der Waals surface area contributed by atoms with Crippen molar-refractivity contribution in [2.24, 2.45) is 13.0 Å². The number of aryl methyl sites for hydroxylation is 2. The Morgan fingerprint density at radius 1 is 1.30 bits per heavy atom. The van der Waals surface area contributed by atoms with Crippen molar-refractivity contribution in [2.75, 3.05) is 25.6 Å². The summed E-state index contributed by atoms with van der Waals surface area (Å²) in [4.78, 5) is 35.8. The van der Waals surface area contributed by atoms with Crippen LogP contribution in [0.25, 0.3) is 11.1 Å². The Kier molecular flexibility index (Phi) is 9.45. The number of nitrogens with one attached hydrogen (secondary N) is 1. The first kappa shape index (κ1) is 27.9. The van der Waals surface area contributed by atoms with E-state index in [9.17, 15) is 19.7 Å². The Morgan fingerprint density at radius 3 is 2.73 bits per heavy atom. The molecule has 0 saturated carbocycles. The lowest BCUT2D eigenvalue weighted by Gasteiger charge is -2.15.